The van der Waals surface area contributed by atoms with Gasteiger partial charge in [0.15, 0.2) is 0 Å². The van der Waals surface area contributed by atoms with Crippen LogP contribution in [0, 0.1) is 11.3 Å². The van der Waals surface area contributed by atoms with E-state index in [4.69, 9.17) is 0 Å². The van der Waals surface area contributed by atoms with Crippen LogP contribution in [0.3, 0.4) is 0 Å². The Bertz CT molecular complexity index is 404. The lowest BCUT2D eigenvalue weighted by Gasteiger charge is -2.33. The van der Waals surface area contributed by atoms with Gasteiger partial charge in [-0.15, -0.1) is 11.8 Å². The Morgan fingerprint density at radius 2 is 1.95 bits per heavy atom. The van der Waals surface area contributed by atoms with Crippen LogP contribution in [0.25, 0.3) is 0 Å². The van der Waals surface area contributed by atoms with Gasteiger partial charge in [-0.1, -0.05) is 20.8 Å². The Labute approximate surface area is 124 Å². The number of carboxylic acids is 1. The maximum Gasteiger partial charge on any atom is 0.327 e. The maximum atomic E-state index is 12.5. The summed E-state index contributed by atoms with van der Waals surface area (Å²) in [4.78, 5) is 25.4. The van der Waals surface area contributed by atoms with Crippen LogP contribution < -0.4 is 5.32 Å². The number of hydrogen-bond acceptors (Lipinski definition) is 3. The van der Waals surface area contributed by atoms with Crippen LogP contribution >= 0.6 is 11.8 Å². The summed E-state index contributed by atoms with van der Waals surface area (Å²) >= 11 is 1.60. The van der Waals surface area contributed by atoms with E-state index < -0.39 is 12.0 Å². The molecule has 2 amide bonds. The van der Waals surface area contributed by atoms with Crippen LogP contribution in [0.15, 0.2) is 0 Å². The summed E-state index contributed by atoms with van der Waals surface area (Å²) in [6.07, 6.45) is 2.20. The summed E-state index contributed by atoms with van der Waals surface area (Å²) in [5, 5.41) is 12.3. The summed E-state index contributed by atoms with van der Waals surface area (Å²) in [5.74, 6) is 0.0626. The standard InChI is InChI=1S/C14H24N2O3S/c1-8(14(2,3)4)15-13(19)16-10(12(17)18)7-20-11(16)9-5-6-9/h8-11H,5-7H2,1-4H3,(H,15,19)(H,17,18). The molecule has 2 fully saturated rings. The number of rotatable bonds is 3. The van der Waals surface area contributed by atoms with Gasteiger partial charge in [-0.05, 0) is 31.1 Å². The summed E-state index contributed by atoms with van der Waals surface area (Å²) in [6.45, 7) is 8.14. The predicted octanol–water partition coefficient (Wildman–Crippen LogP) is 2.37. The van der Waals surface area contributed by atoms with Gasteiger partial charge in [0.1, 0.15) is 6.04 Å². The second-order valence-corrected chi connectivity index (χ2v) is 8.01. The van der Waals surface area contributed by atoms with E-state index in [1.807, 2.05) is 6.92 Å². The molecule has 2 N–H and O–H groups in total. The zero-order valence-electron chi connectivity index (χ0n) is 12.5. The minimum Gasteiger partial charge on any atom is -0.480 e. The fourth-order valence-corrected chi connectivity index (χ4v) is 3.83. The number of amides is 2. The van der Waals surface area contributed by atoms with Crippen molar-refractivity contribution in [1.82, 2.24) is 10.2 Å². The summed E-state index contributed by atoms with van der Waals surface area (Å²) in [6, 6.07) is -0.936. The summed E-state index contributed by atoms with van der Waals surface area (Å²) < 4.78 is 0. The van der Waals surface area contributed by atoms with E-state index in [0.717, 1.165) is 12.8 Å². The van der Waals surface area contributed by atoms with E-state index in [2.05, 4.69) is 26.1 Å². The van der Waals surface area contributed by atoms with Crippen LogP contribution in [-0.2, 0) is 4.79 Å². The van der Waals surface area contributed by atoms with Gasteiger partial charge < -0.3 is 10.4 Å². The van der Waals surface area contributed by atoms with Gasteiger partial charge in [-0.2, -0.15) is 0 Å². The maximum absolute atomic E-state index is 12.5. The number of urea groups is 1. The number of hydrogen-bond donors (Lipinski definition) is 2. The van der Waals surface area contributed by atoms with E-state index in [1.54, 1.807) is 16.7 Å². The van der Waals surface area contributed by atoms with Gasteiger partial charge in [-0.25, -0.2) is 9.59 Å². The molecule has 20 heavy (non-hydrogen) atoms. The number of carbonyl (C=O) groups is 2. The smallest absolute Gasteiger partial charge is 0.327 e. The molecular formula is C14H24N2O3S. The van der Waals surface area contributed by atoms with Crippen molar-refractivity contribution in [1.29, 1.82) is 0 Å². The third-order valence-electron chi connectivity index (χ3n) is 4.22. The molecule has 1 aliphatic heterocycles. The normalized spacial score (nSPS) is 28.3. The number of nitrogens with zero attached hydrogens (tertiary/aromatic N) is 1. The number of carboxylic acid groups (broad SMARTS) is 1. The third kappa shape index (κ3) is 3.22. The third-order valence-corrected chi connectivity index (χ3v) is 5.68. The second-order valence-electron chi connectivity index (χ2n) is 6.86. The Balaban J connectivity index is 2.09. The lowest BCUT2D eigenvalue weighted by Crippen LogP contribution is -2.54. The van der Waals surface area contributed by atoms with Crippen molar-refractivity contribution in [2.24, 2.45) is 11.3 Å². The van der Waals surface area contributed by atoms with Gasteiger partial charge in [0.05, 0.1) is 5.37 Å². The molecule has 6 heteroatoms. The van der Waals surface area contributed by atoms with Crippen molar-refractivity contribution in [3.8, 4) is 0 Å². The quantitative estimate of drug-likeness (QED) is 0.839. The first-order valence-corrected chi connectivity index (χ1v) is 8.20. The average molecular weight is 300 g/mol. The van der Waals surface area contributed by atoms with E-state index in [9.17, 15) is 14.7 Å². The van der Waals surface area contributed by atoms with Gasteiger partial charge in [-0.3, -0.25) is 4.90 Å². The first kappa shape index (κ1) is 15.5. The molecular weight excluding hydrogens is 276 g/mol. The minimum absolute atomic E-state index is 0.00472. The van der Waals surface area contributed by atoms with E-state index in [0.29, 0.717) is 11.7 Å². The molecule has 3 atom stereocenters. The van der Waals surface area contributed by atoms with Crippen LogP contribution in [0.1, 0.15) is 40.5 Å². The largest absolute Gasteiger partial charge is 0.480 e. The lowest BCUT2D eigenvalue weighted by atomic mass is 9.88. The molecule has 1 heterocycles. The Morgan fingerprint density at radius 1 is 1.35 bits per heavy atom. The van der Waals surface area contributed by atoms with Crippen molar-refractivity contribution >= 4 is 23.8 Å². The molecule has 0 radical (unpaired) electrons. The van der Waals surface area contributed by atoms with Crippen LogP contribution in [0.4, 0.5) is 4.79 Å². The number of aliphatic carboxylic acids is 1. The second kappa shape index (κ2) is 5.47. The number of carbonyl (C=O) groups excluding carboxylic acids is 1. The van der Waals surface area contributed by atoms with Crippen molar-refractivity contribution in [3.05, 3.63) is 0 Å². The van der Waals surface area contributed by atoms with Crippen molar-refractivity contribution in [2.45, 2.75) is 58.0 Å². The molecule has 0 aromatic carbocycles. The van der Waals surface area contributed by atoms with Crippen LogP contribution in [0.2, 0.25) is 0 Å². The molecule has 0 bridgehead atoms. The zero-order valence-corrected chi connectivity index (χ0v) is 13.4. The molecule has 0 aromatic heterocycles. The number of nitrogens with one attached hydrogen (secondary N) is 1. The van der Waals surface area contributed by atoms with Crippen LogP contribution in [-0.4, -0.2) is 45.2 Å². The molecule has 3 unspecified atom stereocenters. The monoisotopic (exact) mass is 300 g/mol. The highest BCUT2D eigenvalue weighted by atomic mass is 32.2. The molecule has 0 aromatic rings. The predicted molar refractivity (Wildman–Crippen MR) is 79.7 cm³/mol. The van der Waals surface area contributed by atoms with Gasteiger partial charge >= 0.3 is 12.0 Å². The Hall–Kier alpha value is -0.910. The Morgan fingerprint density at radius 3 is 2.40 bits per heavy atom. The van der Waals surface area contributed by atoms with Crippen molar-refractivity contribution < 1.29 is 14.7 Å². The summed E-state index contributed by atoms with van der Waals surface area (Å²) in [7, 11) is 0. The first-order chi connectivity index (χ1) is 9.21. The van der Waals surface area contributed by atoms with Crippen molar-refractivity contribution in [2.75, 3.05) is 5.75 Å². The molecule has 1 saturated carbocycles. The van der Waals surface area contributed by atoms with E-state index in [-0.39, 0.29) is 22.9 Å². The van der Waals surface area contributed by atoms with Gasteiger partial charge in [0.25, 0.3) is 0 Å². The molecule has 5 nitrogen and oxygen atoms in total. The molecule has 1 aliphatic carbocycles. The van der Waals surface area contributed by atoms with Crippen molar-refractivity contribution in [3.63, 3.8) is 0 Å². The summed E-state index contributed by atoms with van der Waals surface area (Å²) in [5.41, 5.74) is -0.0453. The van der Waals surface area contributed by atoms with Gasteiger partial charge in [0, 0.05) is 11.8 Å². The first-order valence-electron chi connectivity index (χ1n) is 7.15. The van der Waals surface area contributed by atoms with Gasteiger partial charge in [0.2, 0.25) is 0 Å². The fraction of sp³-hybridized carbons (Fsp3) is 0.857. The molecule has 1 saturated heterocycles. The molecule has 2 aliphatic rings. The fourth-order valence-electron chi connectivity index (χ4n) is 2.20. The van der Waals surface area contributed by atoms with Crippen LogP contribution in [0.5, 0.6) is 0 Å². The Kier molecular flexibility index (Phi) is 4.23. The lowest BCUT2D eigenvalue weighted by molar-refractivity contribution is -0.141. The highest BCUT2D eigenvalue weighted by molar-refractivity contribution is 8.00. The molecule has 2 rings (SSSR count). The van der Waals surface area contributed by atoms with E-state index in [1.165, 1.54) is 0 Å². The topological polar surface area (TPSA) is 69.6 Å². The molecule has 0 spiro atoms. The zero-order chi connectivity index (χ0) is 15.1. The van der Waals surface area contributed by atoms with E-state index >= 15 is 0 Å². The molecule has 114 valence electrons. The highest BCUT2D eigenvalue weighted by Crippen LogP contribution is 2.45. The number of thioether (sulfide) groups is 1. The SMILES string of the molecule is CC(NC(=O)N1C(C(=O)O)CSC1C1CC1)C(C)(C)C. The minimum atomic E-state index is -0.904. The highest BCUT2D eigenvalue weighted by Gasteiger charge is 2.48. The average Bonchev–Trinajstić information content (AvgIpc) is 3.05.